The molecule has 0 aliphatic heterocycles. The molecule has 1 aliphatic rings. The van der Waals surface area contributed by atoms with Gasteiger partial charge in [-0.1, -0.05) is 73.7 Å². The molecule has 2 heteroatoms. The minimum Gasteiger partial charge on any atom is -0.451 e. The molecule has 0 N–H and O–H groups in total. The first kappa shape index (κ1) is 18.9. The zero-order valence-electron chi connectivity index (χ0n) is 16.3. The zero-order chi connectivity index (χ0) is 19.4. The van der Waals surface area contributed by atoms with E-state index in [2.05, 4.69) is 43.8 Å². The number of allylic oxidation sites excluding steroid dienone is 3. The number of aryl methyl sites for hydroxylation is 1. The summed E-state index contributed by atoms with van der Waals surface area (Å²) in [7, 11) is 0. The summed E-state index contributed by atoms with van der Waals surface area (Å²) < 4.78 is 5.94. The predicted octanol–water partition coefficient (Wildman–Crippen LogP) is 6.43. The fourth-order valence-corrected chi connectivity index (χ4v) is 3.28. The number of benzene rings is 2. The molecule has 0 radical (unpaired) electrons. The van der Waals surface area contributed by atoms with E-state index < -0.39 is 5.60 Å². The normalized spacial score (nSPS) is 15.8. The van der Waals surface area contributed by atoms with Crippen molar-refractivity contribution >= 4 is 5.97 Å². The zero-order valence-corrected chi connectivity index (χ0v) is 16.3. The second-order valence-electron chi connectivity index (χ2n) is 7.23. The molecule has 0 saturated heterocycles. The monoisotopic (exact) mass is 358 g/mol. The van der Waals surface area contributed by atoms with E-state index in [1.54, 1.807) is 0 Å². The van der Waals surface area contributed by atoms with Gasteiger partial charge in [0.05, 0.1) is 5.56 Å². The molecule has 27 heavy (non-hydrogen) atoms. The van der Waals surface area contributed by atoms with E-state index in [9.17, 15) is 4.79 Å². The van der Waals surface area contributed by atoms with E-state index in [1.165, 1.54) is 5.56 Å². The van der Waals surface area contributed by atoms with Crippen molar-refractivity contribution in [2.45, 2.75) is 39.2 Å². The summed E-state index contributed by atoms with van der Waals surface area (Å²) in [5, 5.41) is 0. The van der Waals surface area contributed by atoms with E-state index >= 15 is 0 Å². The summed E-state index contributed by atoms with van der Waals surface area (Å²) in [6.45, 7) is 10.2. The van der Waals surface area contributed by atoms with Gasteiger partial charge in [-0.3, -0.25) is 0 Å². The molecule has 0 bridgehead atoms. The van der Waals surface area contributed by atoms with E-state index in [4.69, 9.17) is 4.74 Å². The Balaban J connectivity index is 1.79. The number of hydrogen-bond donors (Lipinski definition) is 0. The van der Waals surface area contributed by atoms with Crippen molar-refractivity contribution in [3.05, 3.63) is 95.6 Å². The molecule has 138 valence electrons. The molecule has 1 atom stereocenters. The van der Waals surface area contributed by atoms with E-state index in [1.807, 2.05) is 50.3 Å². The molecule has 2 aromatic rings. The third-order valence-electron chi connectivity index (χ3n) is 5.21. The van der Waals surface area contributed by atoms with Crippen LogP contribution in [0.4, 0.5) is 0 Å². The van der Waals surface area contributed by atoms with Gasteiger partial charge in [0.15, 0.2) is 0 Å². The number of esters is 1. The number of carbonyl (C=O) groups excluding carboxylic acids is 1. The van der Waals surface area contributed by atoms with Gasteiger partial charge in [0.2, 0.25) is 0 Å². The minimum atomic E-state index is -0.672. The number of ether oxygens (including phenoxy) is 1. The number of rotatable bonds is 5. The SMILES string of the molecule is C=C1CC=CC=C1C(C)(CC)OC(=O)c1ccc(-c2ccc(C)cc2)cc1. The number of hydrogen-bond acceptors (Lipinski definition) is 2. The highest BCUT2D eigenvalue weighted by molar-refractivity contribution is 5.90. The van der Waals surface area contributed by atoms with Crippen LogP contribution < -0.4 is 0 Å². The first-order chi connectivity index (χ1) is 12.9. The number of carbonyl (C=O) groups is 1. The summed E-state index contributed by atoms with van der Waals surface area (Å²) >= 11 is 0. The van der Waals surface area contributed by atoms with Crippen LogP contribution in [-0.2, 0) is 4.74 Å². The molecular formula is C25H26O2. The van der Waals surface area contributed by atoms with Crippen LogP contribution in [0.25, 0.3) is 11.1 Å². The van der Waals surface area contributed by atoms with Gasteiger partial charge in [0.1, 0.15) is 5.60 Å². The van der Waals surface area contributed by atoms with E-state index in [0.717, 1.165) is 28.7 Å². The van der Waals surface area contributed by atoms with Crippen LogP contribution >= 0.6 is 0 Å². The minimum absolute atomic E-state index is 0.307. The predicted molar refractivity (Wildman–Crippen MR) is 112 cm³/mol. The Hall–Kier alpha value is -2.87. The fourth-order valence-electron chi connectivity index (χ4n) is 3.28. The second kappa shape index (κ2) is 7.79. The van der Waals surface area contributed by atoms with Gasteiger partial charge in [-0.05, 0) is 61.1 Å². The Morgan fingerprint density at radius 2 is 1.67 bits per heavy atom. The van der Waals surface area contributed by atoms with Crippen molar-refractivity contribution in [2.75, 3.05) is 0 Å². The Morgan fingerprint density at radius 3 is 2.22 bits per heavy atom. The van der Waals surface area contributed by atoms with Gasteiger partial charge >= 0.3 is 5.97 Å². The lowest BCUT2D eigenvalue weighted by atomic mass is 9.84. The first-order valence-electron chi connectivity index (χ1n) is 9.39. The molecule has 0 heterocycles. The summed E-state index contributed by atoms with van der Waals surface area (Å²) in [4.78, 5) is 12.8. The van der Waals surface area contributed by atoms with Crippen LogP contribution in [0, 0.1) is 6.92 Å². The first-order valence-corrected chi connectivity index (χ1v) is 9.39. The largest absolute Gasteiger partial charge is 0.451 e. The van der Waals surface area contributed by atoms with Crippen molar-refractivity contribution in [2.24, 2.45) is 0 Å². The average molecular weight is 358 g/mol. The van der Waals surface area contributed by atoms with Gasteiger partial charge in [-0.25, -0.2) is 4.79 Å². The lowest BCUT2D eigenvalue weighted by Crippen LogP contribution is -2.34. The fraction of sp³-hybridized carbons (Fsp3) is 0.240. The molecule has 2 aromatic carbocycles. The Bertz CT molecular complexity index is 898. The molecule has 0 saturated carbocycles. The van der Waals surface area contributed by atoms with Gasteiger partial charge in [0.25, 0.3) is 0 Å². The van der Waals surface area contributed by atoms with Crippen molar-refractivity contribution in [3.63, 3.8) is 0 Å². The molecule has 1 unspecified atom stereocenters. The van der Waals surface area contributed by atoms with Crippen molar-refractivity contribution in [1.82, 2.24) is 0 Å². The van der Waals surface area contributed by atoms with Crippen LogP contribution in [0.5, 0.6) is 0 Å². The van der Waals surface area contributed by atoms with Crippen LogP contribution in [-0.4, -0.2) is 11.6 Å². The molecule has 0 fully saturated rings. The Labute approximate surface area is 161 Å². The summed E-state index contributed by atoms with van der Waals surface area (Å²) in [5.41, 5.74) is 5.33. The second-order valence-corrected chi connectivity index (χ2v) is 7.23. The quantitative estimate of drug-likeness (QED) is 0.576. The van der Waals surface area contributed by atoms with Gasteiger partial charge < -0.3 is 4.74 Å². The lowest BCUT2D eigenvalue weighted by molar-refractivity contribution is 0.00575. The molecule has 0 spiro atoms. The summed E-state index contributed by atoms with van der Waals surface area (Å²) in [5.74, 6) is -0.307. The molecule has 0 aromatic heterocycles. The Morgan fingerprint density at radius 1 is 1.07 bits per heavy atom. The lowest BCUT2D eigenvalue weighted by Gasteiger charge is -2.33. The van der Waals surface area contributed by atoms with Crippen molar-refractivity contribution in [1.29, 1.82) is 0 Å². The maximum Gasteiger partial charge on any atom is 0.339 e. The van der Waals surface area contributed by atoms with Crippen LogP contribution in [0.15, 0.2) is 84.5 Å². The smallest absolute Gasteiger partial charge is 0.339 e. The molecule has 0 amide bonds. The van der Waals surface area contributed by atoms with Crippen LogP contribution in [0.3, 0.4) is 0 Å². The third kappa shape index (κ3) is 4.11. The maximum absolute atomic E-state index is 12.8. The Kier molecular flexibility index (Phi) is 5.46. The highest BCUT2D eigenvalue weighted by Gasteiger charge is 2.33. The average Bonchev–Trinajstić information content (AvgIpc) is 2.69. The van der Waals surface area contributed by atoms with Gasteiger partial charge in [0, 0.05) is 0 Å². The molecular weight excluding hydrogens is 332 g/mol. The highest BCUT2D eigenvalue weighted by atomic mass is 16.6. The molecule has 1 aliphatic carbocycles. The van der Waals surface area contributed by atoms with E-state index in [0.29, 0.717) is 12.0 Å². The highest BCUT2D eigenvalue weighted by Crippen LogP contribution is 2.34. The third-order valence-corrected chi connectivity index (χ3v) is 5.21. The summed E-state index contributed by atoms with van der Waals surface area (Å²) in [6.07, 6.45) is 7.56. The van der Waals surface area contributed by atoms with Crippen LogP contribution in [0.1, 0.15) is 42.6 Å². The van der Waals surface area contributed by atoms with Gasteiger partial charge in [-0.15, -0.1) is 0 Å². The van der Waals surface area contributed by atoms with Crippen LogP contribution in [0.2, 0.25) is 0 Å². The molecule has 3 rings (SSSR count). The van der Waals surface area contributed by atoms with Gasteiger partial charge in [-0.2, -0.15) is 0 Å². The van der Waals surface area contributed by atoms with Crippen molar-refractivity contribution in [3.8, 4) is 11.1 Å². The topological polar surface area (TPSA) is 26.3 Å². The standard InChI is InChI=1S/C25H26O2/c1-5-25(4,23-9-7-6-8-19(23)3)27-24(26)22-16-14-21(15-17-22)20-12-10-18(2)11-13-20/h6-7,9-17H,3,5,8H2,1-2,4H3. The molecule has 2 nitrogen and oxygen atoms in total. The maximum atomic E-state index is 12.8. The van der Waals surface area contributed by atoms with E-state index in [-0.39, 0.29) is 5.97 Å². The van der Waals surface area contributed by atoms with Crippen molar-refractivity contribution < 1.29 is 9.53 Å². The summed E-state index contributed by atoms with van der Waals surface area (Å²) in [6, 6.07) is 15.9.